The molecule has 0 heterocycles. The molecule has 1 aromatic carbocycles. The van der Waals surface area contributed by atoms with E-state index in [4.69, 9.17) is 16.3 Å². The van der Waals surface area contributed by atoms with Crippen molar-refractivity contribution >= 4 is 34.8 Å². The van der Waals surface area contributed by atoms with Crippen LogP contribution < -0.4 is 4.74 Å². The van der Waals surface area contributed by atoms with Gasteiger partial charge < -0.3 is 9.47 Å². The third-order valence-electron chi connectivity index (χ3n) is 2.71. The fourth-order valence-corrected chi connectivity index (χ4v) is 1.96. The van der Waals surface area contributed by atoms with Crippen LogP contribution in [0.5, 0.6) is 5.75 Å². The van der Waals surface area contributed by atoms with Crippen molar-refractivity contribution in [3.05, 3.63) is 38.9 Å². The molecule has 0 unspecified atom stereocenters. The van der Waals surface area contributed by atoms with Crippen molar-refractivity contribution in [2.75, 3.05) is 13.2 Å². The van der Waals surface area contributed by atoms with Crippen molar-refractivity contribution in [3.63, 3.8) is 0 Å². The summed E-state index contributed by atoms with van der Waals surface area (Å²) in [5.74, 6) is -2.32. The zero-order chi connectivity index (χ0) is 18.3. The molecule has 0 aliphatic heterocycles. The van der Waals surface area contributed by atoms with Crippen LogP contribution in [0.1, 0.15) is 19.4 Å². The van der Waals surface area contributed by atoms with E-state index in [-0.39, 0.29) is 28.5 Å². The molecule has 0 atom stereocenters. The molecule has 0 fully saturated rings. The van der Waals surface area contributed by atoms with E-state index in [0.29, 0.717) is 0 Å². The summed E-state index contributed by atoms with van der Waals surface area (Å²) in [6, 6.07) is 3.35. The average Bonchev–Trinajstić information content (AvgIpc) is 2.53. The standard InChI is InChI=1S/C14H13ClFNO7/c1-3-22-12(18)7-23-11-5-4-9(6-10(11)17(20)21)13(8(2)15)14(19)24-16/h4-6H,3,7H2,1-2H3/b13-8-. The normalized spacial score (nSPS) is 11.3. The van der Waals surface area contributed by atoms with Crippen molar-refractivity contribution in [2.24, 2.45) is 0 Å². The van der Waals surface area contributed by atoms with Gasteiger partial charge in [0, 0.05) is 15.6 Å². The van der Waals surface area contributed by atoms with Crippen molar-refractivity contribution in [2.45, 2.75) is 13.8 Å². The molecule has 0 saturated heterocycles. The first-order chi connectivity index (χ1) is 11.3. The predicted molar refractivity (Wildman–Crippen MR) is 80.9 cm³/mol. The second-order valence-corrected chi connectivity index (χ2v) is 4.87. The van der Waals surface area contributed by atoms with Gasteiger partial charge in [0.25, 0.3) is 0 Å². The lowest BCUT2D eigenvalue weighted by Crippen LogP contribution is -2.15. The maximum atomic E-state index is 12.2. The molecule has 0 aliphatic carbocycles. The molecule has 0 spiro atoms. The first-order valence-corrected chi connectivity index (χ1v) is 6.96. The van der Waals surface area contributed by atoms with Gasteiger partial charge in [-0.15, -0.1) is 0 Å². The smallest absolute Gasteiger partial charge is 0.381 e. The van der Waals surface area contributed by atoms with Gasteiger partial charge in [0.15, 0.2) is 12.4 Å². The average molecular weight is 362 g/mol. The lowest BCUT2D eigenvalue weighted by Gasteiger charge is -2.09. The molecule has 1 rings (SSSR count). The molecular weight excluding hydrogens is 349 g/mol. The summed E-state index contributed by atoms with van der Waals surface area (Å²) in [5, 5.41) is 11.0. The number of nitro groups is 1. The van der Waals surface area contributed by atoms with Crippen LogP contribution in [0.4, 0.5) is 10.2 Å². The molecule has 1 aromatic rings. The lowest BCUT2D eigenvalue weighted by molar-refractivity contribution is -0.385. The van der Waals surface area contributed by atoms with Crippen LogP contribution in [0.3, 0.4) is 0 Å². The minimum absolute atomic E-state index is 0.0414. The van der Waals surface area contributed by atoms with Gasteiger partial charge in [-0.2, -0.15) is 0 Å². The maximum Gasteiger partial charge on any atom is 0.381 e. The molecule has 0 aliphatic rings. The first-order valence-electron chi connectivity index (χ1n) is 6.58. The van der Waals surface area contributed by atoms with Crippen molar-refractivity contribution in [1.29, 1.82) is 0 Å². The summed E-state index contributed by atoms with van der Waals surface area (Å²) in [5.41, 5.74) is -0.960. The Kier molecular flexibility index (Phi) is 7.12. The Morgan fingerprint density at radius 1 is 1.38 bits per heavy atom. The van der Waals surface area contributed by atoms with Crippen LogP contribution in [0.15, 0.2) is 23.2 Å². The molecule has 0 amide bonds. The summed E-state index contributed by atoms with van der Waals surface area (Å²) in [7, 11) is 0. The summed E-state index contributed by atoms with van der Waals surface area (Å²) < 4.78 is 21.8. The summed E-state index contributed by atoms with van der Waals surface area (Å²) in [6.07, 6.45) is 0. The molecular formula is C14H13ClFNO7. The van der Waals surface area contributed by atoms with Gasteiger partial charge >= 0.3 is 17.6 Å². The SMILES string of the molecule is CCOC(=O)COc1ccc(/C(C(=O)OF)=C(\C)Cl)cc1[N+](=O)[O-]. The van der Waals surface area contributed by atoms with Crippen molar-refractivity contribution < 1.29 is 33.5 Å². The van der Waals surface area contributed by atoms with Gasteiger partial charge in [0.2, 0.25) is 0 Å². The highest BCUT2D eigenvalue weighted by molar-refractivity contribution is 6.38. The zero-order valence-corrected chi connectivity index (χ0v) is 13.5. The number of hydrogen-bond donors (Lipinski definition) is 0. The zero-order valence-electron chi connectivity index (χ0n) is 12.7. The van der Waals surface area contributed by atoms with Crippen LogP contribution in [0.25, 0.3) is 5.57 Å². The van der Waals surface area contributed by atoms with E-state index in [0.717, 1.165) is 12.1 Å². The molecule has 10 heteroatoms. The maximum absolute atomic E-state index is 12.2. The van der Waals surface area contributed by atoms with Crippen LogP contribution in [-0.2, 0) is 19.3 Å². The number of hydrogen-bond acceptors (Lipinski definition) is 7. The largest absolute Gasteiger partial charge is 0.475 e. The molecule has 0 saturated carbocycles. The number of carbonyl (C=O) groups is 2. The number of halogens is 2. The molecule has 0 radical (unpaired) electrons. The fraction of sp³-hybridized carbons (Fsp3) is 0.286. The Morgan fingerprint density at radius 2 is 2.04 bits per heavy atom. The van der Waals surface area contributed by atoms with Gasteiger partial charge in [-0.1, -0.05) is 11.6 Å². The highest BCUT2D eigenvalue weighted by atomic mass is 35.5. The van der Waals surface area contributed by atoms with E-state index in [1.54, 1.807) is 6.92 Å². The Balaban J connectivity index is 3.20. The summed E-state index contributed by atoms with van der Waals surface area (Å²) >= 11 is 5.71. The van der Waals surface area contributed by atoms with Crippen LogP contribution in [0, 0.1) is 10.1 Å². The van der Waals surface area contributed by atoms with Gasteiger partial charge in [-0.3, -0.25) is 10.1 Å². The van der Waals surface area contributed by atoms with E-state index < -0.39 is 29.2 Å². The van der Waals surface area contributed by atoms with Gasteiger partial charge in [-0.25, -0.2) is 14.5 Å². The Bertz CT molecular complexity index is 686. The quantitative estimate of drug-likeness (QED) is 0.318. The third kappa shape index (κ3) is 4.92. The number of ether oxygens (including phenoxy) is 2. The minimum Gasteiger partial charge on any atom is -0.475 e. The number of benzene rings is 1. The monoisotopic (exact) mass is 361 g/mol. The summed E-state index contributed by atoms with van der Waals surface area (Å²) in [6.45, 7) is 2.50. The molecule has 0 N–H and O–H groups in total. The number of rotatable bonds is 7. The highest BCUT2D eigenvalue weighted by Crippen LogP contribution is 2.32. The number of esters is 1. The Morgan fingerprint density at radius 3 is 2.54 bits per heavy atom. The van der Waals surface area contributed by atoms with Gasteiger partial charge in [0.1, 0.15) is 0 Å². The third-order valence-corrected chi connectivity index (χ3v) is 2.90. The lowest BCUT2D eigenvalue weighted by atomic mass is 10.0. The molecule has 0 bridgehead atoms. The van der Waals surface area contributed by atoms with E-state index in [2.05, 4.69) is 9.68 Å². The molecule has 24 heavy (non-hydrogen) atoms. The fourth-order valence-electron chi connectivity index (χ4n) is 1.77. The highest BCUT2D eigenvalue weighted by Gasteiger charge is 2.23. The summed E-state index contributed by atoms with van der Waals surface area (Å²) in [4.78, 5) is 36.1. The first kappa shape index (κ1) is 19.4. The van der Waals surface area contributed by atoms with Gasteiger partial charge in [0.05, 0.1) is 17.1 Å². The van der Waals surface area contributed by atoms with Crippen LogP contribution in [0.2, 0.25) is 0 Å². The van der Waals surface area contributed by atoms with E-state index in [1.165, 1.54) is 13.0 Å². The molecule has 8 nitrogen and oxygen atoms in total. The number of carbonyl (C=O) groups excluding carboxylic acids is 2. The van der Waals surface area contributed by atoms with Crippen molar-refractivity contribution in [3.8, 4) is 5.75 Å². The second-order valence-electron chi connectivity index (χ2n) is 4.31. The van der Waals surface area contributed by atoms with E-state index in [9.17, 15) is 24.2 Å². The molecule has 0 aromatic heterocycles. The number of allylic oxidation sites excluding steroid dienone is 1. The van der Waals surface area contributed by atoms with Crippen LogP contribution in [-0.4, -0.2) is 30.1 Å². The Hall–Kier alpha value is -2.68. The van der Waals surface area contributed by atoms with Crippen molar-refractivity contribution in [1.82, 2.24) is 0 Å². The minimum atomic E-state index is -1.39. The van der Waals surface area contributed by atoms with Crippen LogP contribution >= 0.6 is 11.6 Å². The Labute approximate surface area is 140 Å². The topological polar surface area (TPSA) is 105 Å². The second kappa shape index (κ2) is 8.82. The van der Waals surface area contributed by atoms with E-state index >= 15 is 0 Å². The predicted octanol–water partition coefficient (Wildman–Crippen LogP) is 2.93. The number of nitro benzene ring substituents is 1. The number of nitrogens with zero attached hydrogens (tertiary/aromatic N) is 1. The van der Waals surface area contributed by atoms with Gasteiger partial charge in [-0.05, 0) is 31.5 Å². The van der Waals surface area contributed by atoms with E-state index in [1.807, 2.05) is 0 Å². The molecule has 130 valence electrons.